The third-order valence-electron chi connectivity index (χ3n) is 1.19. The molecule has 0 amide bonds. The van der Waals surface area contributed by atoms with Gasteiger partial charge in [-0.15, -0.1) is 0 Å². The smallest absolute Gasteiger partial charge is 0.448 e. The minimum atomic E-state index is -5.56. The molecule has 0 aliphatic heterocycles. The molecule has 0 aromatic rings. The molecule has 0 fully saturated rings. The first-order chi connectivity index (χ1) is 7.03. The first-order valence-corrected chi connectivity index (χ1v) is 3.68. The van der Waals surface area contributed by atoms with Gasteiger partial charge in [-0.2, -0.15) is 26.3 Å². The lowest BCUT2D eigenvalue weighted by Crippen LogP contribution is -2.08. The van der Waals surface area contributed by atoms with E-state index < -0.39 is 24.1 Å². The molecule has 0 aliphatic rings. The van der Waals surface area contributed by atoms with Crippen molar-refractivity contribution in [2.24, 2.45) is 0 Å². The average Bonchev–Trinajstić information content (AvgIpc) is 2.14. The summed E-state index contributed by atoms with van der Waals surface area (Å²) in [6.45, 7) is 3.26. The summed E-state index contributed by atoms with van der Waals surface area (Å²) in [6, 6.07) is 0. The summed E-state index contributed by atoms with van der Waals surface area (Å²) < 4.78 is 64.8. The topological polar surface area (TPSA) is 37.3 Å². The van der Waals surface area contributed by atoms with Gasteiger partial charge in [0.1, 0.15) is 0 Å². The van der Waals surface area contributed by atoms with Gasteiger partial charge in [-0.3, -0.25) is 0 Å². The molecule has 8 heteroatoms. The van der Waals surface area contributed by atoms with Crippen molar-refractivity contribution in [3.63, 3.8) is 0 Å². The third-order valence-corrected chi connectivity index (χ3v) is 1.19. The maximum atomic E-state index is 11.0. The number of carboxylic acid groups (broad SMARTS) is 1. The number of carboxylic acids is 1. The Morgan fingerprint density at radius 2 is 1.56 bits per heavy atom. The van der Waals surface area contributed by atoms with Crippen LogP contribution in [0.1, 0.15) is 13.8 Å². The molecule has 0 aromatic carbocycles. The van der Waals surface area contributed by atoms with Crippen LogP contribution in [0.4, 0.5) is 26.3 Å². The standard InChI is InChI=1S/C5H8O2.C3F6/c1-3-4(2)5(6)7;4-1(2(5)6)3(7,8)9/h3H,1-2H3,(H,6,7);. The van der Waals surface area contributed by atoms with E-state index in [0.29, 0.717) is 5.57 Å². The second-order valence-electron chi connectivity index (χ2n) is 2.35. The monoisotopic (exact) mass is 250 g/mol. The molecular weight excluding hydrogens is 242 g/mol. The van der Waals surface area contributed by atoms with Gasteiger partial charge in [-0.1, -0.05) is 6.08 Å². The lowest BCUT2D eigenvalue weighted by atomic mass is 10.3. The van der Waals surface area contributed by atoms with Crippen molar-refractivity contribution in [2.75, 3.05) is 0 Å². The summed E-state index contributed by atoms with van der Waals surface area (Å²) >= 11 is 0. The molecule has 0 saturated heterocycles. The van der Waals surface area contributed by atoms with Crippen LogP contribution in [0.5, 0.6) is 0 Å². The number of rotatable bonds is 1. The van der Waals surface area contributed by atoms with Crippen molar-refractivity contribution in [3.8, 4) is 0 Å². The van der Waals surface area contributed by atoms with Gasteiger partial charge in [0.2, 0.25) is 0 Å². The fourth-order valence-corrected chi connectivity index (χ4v) is 0.231. The Bertz CT molecular complexity index is 298. The molecule has 0 unspecified atom stereocenters. The molecule has 0 radical (unpaired) electrons. The quantitative estimate of drug-likeness (QED) is 0.569. The summed E-state index contributed by atoms with van der Waals surface area (Å²) in [6.07, 6.45) is -7.34. The first kappa shape index (κ1) is 16.9. The number of hydrogen-bond acceptors (Lipinski definition) is 1. The molecule has 2 nitrogen and oxygen atoms in total. The fourth-order valence-electron chi connectivity index (χ4n) is 0.231. The zero-order chi connectivity index (χ0) is 13.5. The van der Waals surface area contributed by atoms with Gasteiger partial charge in [-0.25, -0.2) is 4.79 Å². The maximum Gasteiger partial charge on any atom is 0.448 e. The Morgan fingerprint density at radius 3 is 1.56 bits per heavy atom. The van der Waals surface area contributed by atoms with E-state index in [-0.39, 0.29) is 0 Å². The van der Waals surface area contributed by atoms with Crippen molar-refractivity contribution in [3.05, 3.63) is 23.6 Å². The molecule has 0 bridgehead atoms. The Kier molecular flexibility index (Phi) is 7.32. The second kappa shape index (κ2) is 6.91. The zero-order valence-corrected chi connectivity index (χ0v) is 8.20. The maximum absolute atomic E-state index is 11.0. The highest BCUT2D eigenvalue weighted by atomic mass is 19.4. The second-order valence-corrected chi connectivity index (χ2v) is 2.35. The van der Waals surface area contributed by atoms with Crippen LogP contribution in [-0.2, 0) is 4.79 Å². The first-order valence-electron chi connectivity index (χ1n) is 3.68. The fraction of sp³-hybridized carbons (Fsp3) is 0.375. The molecule has 0 aliphatic carbocycles. The molecule has 0 rings (SSSR count). The van der Waals surface area contributed by atoms with Crippen LogP contribution in [-0.4, -0.2) is 17.3 Å². The predicted octanol–water partition coefficient (Wildman–Crippen LogP) is 3.66. The van der Waals surface area contributed by atoms with Gasteiger partial charge >= 0.3 is 18.2 Å². The highest BCUT2D eigenvalue weighted by Crippen LogP contribution is 2.29. The van der Waals surface area contributed by atoms with E-state index in [9.17, 15) is 31.1 Å². The van der Waals surface area contributed by atoms with Crippen LogP contribution < -0.4 is 0 Å². The molecule has 0 saturated carbocycles. The van der Waals surface area contributed by atoms with E-state index in [0.717, 1.165) is 0 Å². The van der Waals surface area contributed by atoms with Crippen LogP contribution in [0.15, 0.2) is 23.6 Å². The third kappa shape index (κ3) is 7.89. The van der Waals surface area contributed by atoms with Crippen LogP contribution >= 0.6 is 0 Å². The number of carbonyl (C=O) groups is 1. The summed E-state index contributed by atoms with van der Waals surface area (Å²) in [7, 11) is 0. The van der Waals surface area contributed by atoms with Gasteiger partial charge in [0, 0.05) is 5.57 Å². The molecular formula is C8H8F6O2. The minimum absolute atomic E-state index is 0.389. The van der Waals surface area contributed by atoms with Crippen molar-refractivity contribution < 1.29 is 36.2 Å². The Hall–Kier alpha value is -1.47. The van der Waals surface area contributed by atoms with E-state index in [1.165, 1.54) is 0 Å². The molecule has 0 spiro atoms. The minimum Gasteiger partial charge on any atom is -0.478 e. The molecule has 0 aromatic heterocycles. The largest absolute Gasteiger partial charge is 0.478 e. The molecule has 94 valence electrons. The van der Waals surface area contributed by atoms with Crippen molar-refractivity contribution in [1.29, 1.82) is 0 Å². The van der Waals surface area contributed by atoms with Gasteiger partial charge in [0.05, 0.1) is 0 Å². The van der Waals surface area contributed by atoms with E-state index in [2.05, 4.69) is 0 Å². The van der Waals surface area contributed by atoms with Gasteiger partial charge in [0.15, 0.2) is 0 Å². The van der Waals surface area contributed by atoms with E-state index in [1.54, 1.807) is 19.9 Å². The predicted molar refractivity (Wildman–Crippen MR) is 43.5 cm³/mol. The van der Waals surface area contributed by atoms with Gasteiger partial charge < -0.3 is 5.11 Å². The summed E-state index contributed by atoms with van der Waals surface area (Å²) in [4.78, 5) is 9.86. The van der Waals surface area contributed by atoms with Crippen molar-refractivity contribution >= 4 is 5.97 Å². The van der Waals surface area contributed by atoms with Crippen molar-refractivity contribution in [2.45, 2.75) is 20.0 Å². The molecule has 0 atom stereocenters. The number of halogens is 6. The SMILES string of the molecule is CC=C(C)C(=O)O.FC(F)=C(F)C(F)(F)F. The van der Waals surface area contributed by atoms with Crippen LogP contribution in [0, 0.1) is 0 Å². The zero-order valence-electron chi connectivity index (χ0n) is 8.20. The number of aliphatic carboxylic acids is 1. The highest BCUT2D eigenvalue weighted by molar-refractivity contribution is 5.85. The van der Waals surface area contributed by atoms with E-state index in [1.807, 2.05) is 0 Å². The summed E-state index contributed by atoms with van der Waals surface area (Å²) in [5.74, 6) is -4.18. The number of allylic oxidation sites excluding steroid dienone is 2. The Morgan fingerprint density at radius 1 is 1.19 bits per heavy atom. The normalized spacial score (nSPS) is 11.4. The van der Waals surface area contributed by atoms with E-state index in [4.69, 9.17) is 5.11 Å². The molecule has 16 heavy (non-hydrogen) atoms. The van der Waals surface area contributed by atoms with Crippen molar-refractivity contribution in [1.82, 2.24) is 0 Å². The lowest BCUT2D eigenvalue weighted by Gasteiger charge is -1.98. The average molecular weight is 250 g/mol. The molecule has 1 N–H and O–H groups in total. The number of alkyl halides is 3. The Balaban J connectivity index is 0. The molecule has 0 heterocycles. The summed E-state index contributed by atoms with van der Waals surface area (Å²) in [5, 5.41) is 8.11. The summed E-state index contributed by atoms with van der Waals surface area (Å²) in [5.41, 5.74) is 0.389. The van der Waals surface area contributed by atoms with Gasteiger partial charge in [-0.05, 0) is 13.8 Å². The lowest BCUT2D eigenvalue weighted by molar-refractivity contribution is -0.132. The van der Waals surface area contributed by atoms with Crippen LogP contribution in [0.2, 0.25) is 0 Å². The van der Waals surface area contributed by atoms with E-state index >= 15 is 0 Å². The van der Waals surface area contributed by atoms with Crippen LogP contribution in [0.3, 0.4) is 0 Å². The van der Waals surface area contributed by atoms with Gasteiger partial charge in [0.25, 0.3) is 5.83 Å². The highest BCUT2D eigenvalue weighted by Gasteiger charge is 2.38. The number of hydrogen-bond donors (Lipinski definition) is 1. The Labute approximate surface area is 86.9 Å². The van der Waals surface area contributed by atoms with Crippen LogP contribution in [0.25, 0.3) is 0 Å².